The summed E-state index contributed by atoms with van der Waals surface area (Å²) < 4.78 is 10.6. The lowest BCUT2D eigenvalue weighted by Gasteiger charge is -2.39. The second kappa shape index (κ2) is 5.62. The number of esters is 1. The molecule has 2 aliphatic rings. The number of nitrogens with zero attached hydrogens (tertiary/aromatic N) is 1. The molecule has 0 saturated carbocycles. The van der Waals surface area contributed by atoms with Gasteiger partial charge in [0.25, 0.3) is 0 Å². The van der Waals surface area contributed by atoms with E-state index in [2.05, 4.69) is 0 Å². The van der Waals surface area contributed by atoms with Crippen molar-refractivity contribution in [2.24, 2.45) is 5.92 Å². The van der Waals surface area contributed by atoms with Gasteiger partial charge in [-0.1, -0.05) is 0 Å². The molecule has 0 aromatic carbocycles. The van der Waals surface area contributed by atoms with Crippen LogP contribution >= 0.6 is 0 Å². The molecule has 1 unspecified atom stereocenters. The molecule has 20 heavy (non-hydrogen) atoms. The Hall–Kier alpha value is -1.26. The first-order chi connectivity index (χ1) is 9.33. The molecule has 1 amide bonds. The quantitative estimate of drug-likeness (QED) is 0.731. The van der Waals surface area contributed by atoms with Crippen molar-refractivity contribution in [1.29, 1.82) is 0 Å². The van der Waals surface area contributed by atoms with Crippen molar-refractivity contribution in [2.75, 3.05) is 6.61 Å². The number of piperidine rings is 1. The number of rotatable bonds is 2. The first-order valence-electron chi connectivity index (χ1n) is 7.51. The van der Waals surface area contributed by atoms with Gasteiger partial charge < -0.3 is 14.4 Å². The van der Waals surface area contributed by atoms with Gasteiger partial charge in [-0.15, -0.1) is 0 Å². The molecular weight excluding hydrogens is 258 g/mol. The summed E-state index contributed by atoms with van der Waals surface area (Å²) >= 11 is 0. The van der Waals surface area contributed by atoms with Crippen molar-refractivity contribution in [3.8, 4) is 0 Å². The van der Waals surface area contributed by atoms with Crippen LogP contribution in [-0.4, -0.2) is 41.3 Å². The maximum atomic E-state index is 12.4. The summed E-state index contributed by atoms with van der Waals surface area (Å²) in [4.78, 5) is 26.2. The van der Waals surface area contributed by atoms with Gasteiger partial charge in [-0.2, -0.15) is 0 Å². The third-order valence-corrected chi connectivity index (χ3v) is 4.02. The third-order valence-electron chi connectivity index (χ3n) is 4.02. The molecule has 5 nitrogen and oxygen atoms in total. The minimum Gasteiger partial charge on any atom is -0.466 e. The molecule has 0 N–H and O–H groups in total. The van der Waals surface area contributed by atoms with E-state index in [1.165, 1.54) is 0 Å². The zero-order valence-corrected chi connectivity index (χ0v) is 12.8. The van der Waals surface area contributed by atoms with Crippen LogP contribution in [0.4, 0.5) is 4.79 Å². The summed E-state index contributed by atoms with van der Waals surface area (Å²) in [6.07, 6.45) is 3.21. The number of amides is 1. The summed E-state index contributed by atoms with van der Waals surface area (Å²) in [7, 11) is 0. The highest BCUT2D eigenvalue weighted by Crippen LogP contribution is 2.40. The largest absolute Gasteiger partial charge is 0.466 e. The number of hydrogen-bond donors (Lipinski definition) is 0. The van der Waals surface area contributed by atoms with Crippen LogP contribution in [0.1, 0.15) is 53.4 Å². The smallest absolute Gasteiger partial charge is 0.410 e. The van der Waals surface area contributed by atoms with Crippen LogP contribution in [0.5, 0.6) is 0 Å². The summed E-state index contributed by atoms with van der Waals surface area (Å²) in [5, 5.41) is 0. The van der Waals surface area contributed by atoms with E-state index in [9.17, 15) is 9.59 Å². The maximum Gasteiger partial charge on any atom is 0.410 e. The normalized spacial score (nSPS) is 29.2. The Morgan fingerprint density at radius 1 is 1.15 bits per heavy atom. The van der Waals surface area contributed by atoms with E-state index in [0.29, 0.717) is 6.61 Å². The molecule has 0 aromatic rings. The predicted octanol–water partition coefficient (Wildman–Crippen LogP) is 2.73. The Morgan fingerprint density at radius 2 is 1.80 bits per heavy atom. The zero-order chi connectivity index (χ0) is 14.9. The van der Waals surface area contributed by atoms with Gasteiger partial charge in [0.1, 0.15) is 5.60 Å². The Morgan fingerprint density at radius 3 is 2.40 bits per heavy atom. The third kappa shape index (κ3) is 3.07. The molecule has 5 heteroatoms. The number of fused-ring (bicyclic) bond motifs is 2. The fourth-order valence-corrected chi connectivity index (χ4v) is 3.28. The van der Waals surface area contributed by atoms with Crippen LogP contribution in [0, 0.1) is 5.92 Å². The van der Waals surface area contributed by atoms with Crippen LogP contribution in [0.25, 0.3) is 0 Å². The van der Waals surface area contributed by atoms with Gasteiger partial charge in [0.15, 0.2) is 0 Å². The fraction of sp³-hybridized carbons (Fsp3) is 0.867. The SMILES string of the molecule is CCOC(=O)[C@H]1CCC2CC[C@@H]1N2C(=O)OC(C)(C)C. The van der Waals surface area contributed by atoms with E-state index in [0.717, 1.165) is 25.7 Å². The van der Waals surface area contributed by atoms with Gasteiger partial charge in [0.05, 0.1) is 12.5 Å². The van der Waals surface area contributed by atoms with Gasteiger partial charge >= 0.3 is 12.1 Å². The lowest BCUT2D eigenvalue weighted by atomic mass is 9.90. The molecule has 2 aliphatic heterocycles. The predicted molar refractivity (Wildman–Crippen MR) is 74.2 cm³/mol. The molecule has 114 valence electrons. The van der Waals surface area contributed by atoms with Crippen molar-refractivity contribution in [2.45, 2.75) is 71.1 Å². The molecule has 2 rings (SSSR count). The Kier molecular flexibility index (Phi) is 4.25. The molecule has 0 aliphatic carbocycles. The zero-order valence-electron chi connectivity index (χ0n) is 12.8. The molecule has 0 aromatic heterocycles. The molecule has 0 radical (unpaired) electrons. The average Bonchev–Trinajstić information content (AvgIpc) is 2.62. The maximum absolute atomic E-state index is 12.4. The lowest BCUT2D eigenvalue weighted by Crippen LogP contribution is -2.51. The second-order valence-corrected chi connectivity index (χ2v) is 6.62. The van der Waals surface area contributed by atoms with Crippen LogP contribution in [0.15, 0.2) is 0 Å². The first kappa shape index (κ1) is 15.1. The summed E-state index contributed by atoms with van der Waals surface area (Å²) in [6.45, 7) is 7.78. The fourth-order valence-electron chi connectivity index (χ4n) is 3.28. The number of hydrogen-bond acceptors (Lipinski definition) is 4. The van der Waals surface area contributed by atoms with E-state index in [1.54, 1.807) is 4.90 Å². The first-order valence-corrected chi connectivity index (χ1v) is 7.51. The van der Waals surface area contributed by atoms with Crippen molar-refractivity contribution in [3.63, 3.8) is 0 Å². The van der Waals surface area contributed by atoms with E-state index < -0.39 is 5.60 Å². The van der Waals surface area contributed by atoms with Crippen molar-refractivity contribution in [1.82, 2.24) is 4.90 Å². The van der Waals surface area contributed by atoms with Gasteiger partial charge in [-0.05, 0) is 53.4 Å². The number of ether oxygens (including phenoxy) is 2. The summed E-state index contributed by atoms with van der Waals surface area (Å²) in [5.74, 6) is -0.368. The molecular formula is C15H25NO4. The standard InChI is InChI=1S/C15H25NO4/c1-5-19-13(17)11-8-6-10-7-9-12(11)16(10)14(18)20-15(2,3)4/h10-12H,5-9H2,1-4H3/t10?,11-,12-/m0/s1. The van der Waals surface area contributed by atoms with Crippen LogP contribution in [0.3, 0.4) is 0 Å². The lowest BCUT2D eigenvalue weighted by molar-refractivity contribution is -0.151. The van der Waals surface area contributed by atoms with Crippen LogP contribution in [-0.2, 0) is 14.3 Å². The van der Waals surface area contributed by atoms with Crippen molar-refractivity contribution < 1.29 is 19.1 Å². The highest BCUT2D eigenvalue weighted by Gasteiger charge is 2.49. The summed E-state index contributed by atoms with van der Waals surface area (Å²) in [5.41, 5.74) is -0.507. The number of carbonyl (C=O) groups excluding carboxylic acids is 2. The van der Waals surface area contributed by atoms with Gasteiger partial charge in [0.2, 0.25) is 0 Å². The molecule has 3 atom stereocenters. The Balaban J connectivity index is 2.10. The summed E-state index contributed by atoms with van der Waals surface area (Å²) in [6, 6.07) is 0.170. The van der Waals surface area contributed by atoms with E-state index in [4.69, 9.17) is 9.47 Å². The highest BCUT2D eigenvalue weighted by atomic mass is 16.6. The second-order valence-electron chi connectivity index (χ2n) is 6.62. The molecule has 2 heterocycles. The number of carbonyl (C=O) groups is 2. The van der Waals surface area contributed by atoms with Crippen molar-refractivity contribution >= 4 is 12.1 Å². The Bertz CT molecular complexity index is 388. The molecule has 0 spiro atoms. The van der Waals surface area contributed by atoms with Gasteiger partial charge in [-0.3, -0.25) is 4.79 Å². The monoisotopic (exact) mass is 283 g/mol. The van der Waals surface area contributed by atoms with Gasteiger partial charge in [-0.25, -0.2) is 4.79 Å². The molecule has 2 saturated heterocycles. The molecule has 2 fully saturated rings. The highest BCUT2D eigenvalue weighted by molar-refractivity contribution is 5.76. The van der Waals surface area contributed by atoms with Crippen LogP contribution < -0.4 is 0 Å². The van der Waals surface area contributed by atoms with E-state index >= 15 is 0 Å². The minimum atomic E-state index is -0.507. The topological polar surface area (TPSA) is 55.8 Å². The van der Waals surface area contributed by atoms with E-state index in [-0.39, 0.29) is 30.1 Å². The van der Waals surface area contributed by atoms with Gasteiger partial charge in [0, 0.05) is 12.1 Å². The van der Waals surface area contributed by atoms with Crippen LogP contribution in [0.2, 0.25) is 0 Å². The Labute approximate surface area is 120 Å². The van der Waals surface area contributed by atoms with E-state index in [1.807, 2.05) is 27.7 Å². The minimum absolute atomic E-state index is 0.0531. The van der Waals surface area contributed by atoms with Crippen molar-refractivity contribution in [3.05, 3.63) is 0 Å². The average molecular weight is 283 g/mol. The molecule has 2 bridgehead atoms.